The third-order valence-corrected chi connectivity index (χ3v) is 1.40. The first-order valence-corrected chi connectivity index (χ1v) is 3.10. The number of rotatable bonds is 1. The van der Waals surface area contributed by atoms with Gasteiger partial charge in [-0.1, -0.05) is 6.58 Å². The number of carbonyl (C=O) groups excluding carboxylic acids is 1. The van der Waals surface area contributed by atoms with E-state index in [1.165, 1.54) is 0 Å². The van der Waals surface area contributed by atoms with Gasteiger partial charge in [0.1, 0.15) is 0 Å². The quantitative estimate of drug-likeness (QED) is 0.468. The Balaban J connectivity index is 2.69. The molecule has 0 unspecified atom stereocenters. The fourth-order valence-electron chi connectivity index (χ4n) is 0.954. The van der Waals surface area contributed by atoms with Crippen LogP contribution in [-0.2, 0) is 4.79 Å². The molecule has 1 aliphatic heterocycles. The zero-order valence-corrected chi connectivity index (χ0v) is 5.34. The van der Waals surface area contributed by atoms with E-state index in [1.54, 1.807) is 16.9 Å². The molecule has 1 rings (SSSR count). The topological polar surface area (TPSA) is 20.1 Å². The van der Waals surface area contributed by atoms with Crippen molar-refractivity contribution in [3.05, 3.63) is 12.7 Å². The number of amides is 1. The monoisotopic (exact) mass is 124 g/mol. The van der Waals surface area contributed by atoms with Crippen molar-refractivity contribution in [1.82, 2.24) is 0 Å². The lowest BCUT2D eigenvalue weighted by molar-refractivity contribution is -0.427. The molecule has 1 fully saturated rings. The molecule has 0 aromatic carbocycles. The molecule has 1 amide bonds. The van der Waals surface area contributed by atoms with E-state index in [9.17, 15) is 4.79 Å². The Morgan fingerprint density at radius 3 is 2.89 bits per heavy atom. The highest BCUT2D eigenvalue weighted by atomic mass is 16.2. The van der Waals surface area contributed by atoms with Crippen LogP contribution in [-0.4, -0.2) is 23.2 Å². The molecule has 48 valence electrons. The average molecular weight is 124 g/mol. The maximum Gasteiger partial charge on any atom is 0.387 e. The Kier molecular flexibility index (Phi) is 1.78. The normalized spacial score (nSPS) is 23.1. The number of hydrogen-bond donors (Lipinski definition) is 0. The second kappa shape index (κ2) is 2.58. The molecule has 0 saturated carbocycles. The highest BCUT2D eigenvalue weighted by Crippen LogP contribution is 2.01. The van der Waals surface area contributed by atoms with E-state index in [0.29, 0.717) is 6.42 Å². The Morgan fingerprint density at radius 1 is 1.67 bits per heavy atom. The largest absolute Gasteiger partial charge is 0.387 e. The van der Waals surface area contributed by atoms with Gasteiger partial charge in [0.05, 0.1) is 6.42 Å². The Hall–Kier alpha value is -0.920. The van der Waals surface area contributed by atoms with Gasteiger partial charge < -0.3 is 0 Å². The van der Waals surface area contributed by atoms with E-state index >= 15 is 0 Å². The molecule has 2 nitrogen and oxygen atoms in total. The van der Waals surface area contributed by atoms with Gasteiger partial charge in [-0.3, -0.25) is 0 Å². The lowest BCUT2D eigenvalue weighted by Gasteiger charge is -1.81. The zero-order chi connectivity index (χ0) is 6.69. The van der Waals surface area contributed by atoms with Gasteiger partial charge in [-0.2, -0.15) is 4.58 Å². The van der Waals surface area contributed by atoms with Gasteiger partial charge in [-0.25, -0.2) is 4.79 Å². The molecular weight excluding hydrogens is 114 g/mol. The third-order valence-electron chi connectivity index (χ3n) is 1.40. The van der Waals surface area contributed by atoms with E-state index in [2.05, 4.69) is 6.58 Å². The fraction of sp³-hybridized carbons (Fsp3) is 0.429. The van der Waals surface area contributed by atoms with Crippen molar-refractivity contribution in [1.29, 1.82) is 0 Å². The molecule has 1 saturated heterocycles. The summed E-state index contributed by atoms with van der Waals surface area (Å²) in [6, 6.07) is 0. The predicted octanol–water partition coefficient (Wildman–Crippen LogP) is 0.576. The second-order valence-electron chi connectivity index (χ2n) is 2.08. The lowest BCUT2D eigenvalue weighted by Crippen LogP contribution is -2.12. The fourth-order valence-corrected chi connectivity index (χ4v) is 0.954. The van der Waals surface area contributed by atoms with E-state index in [1.807, 2.05) is 0 Å². The molecule has 0 atom stereocenters. The molecule has 0 aromatic rings. The van der Waals surface area contributed by atoms with Crippen LogP contribution in [0, 0.1) is 0 Å². The molecule has 1 aliphatic rings. The summed E-state index contributed by atoms with van der Waals surface area (Å²) in [5, 5.41) is 0. The molecule has 2 heteroatoms. The summed E-state index contributed by atoms with van der Waals surface area (Å²) in [4.78, 5) is 10.8. The van der Waals surface area contributed by atoms with Crippen LogP contribution in [0.4, 0.5) is 0 Å². The molecule has 0 radical (unpaired) electrons. The van der Waals surface area contributed by atoms with Crippen LogP contribution < -0.4 is 0 Å². The molecule has 0 spiro atoms. The van der Waals surface area contributed by atoms with E-state index < -0.39 is 0 Å². The summed E-state index contributed by atoms with van der Waals surface area (Å²) in [5.74, 6) is 0.218. The van der Waals surface area contributed by atoms with Crippen molar-refractivity contribution in [2.45, 2.75) is 12.8 Å². The van der Waals surface area contributed by atoms with Crippen LogP contribution in [0.3, 0.4) is 0 Å². The van der Waals surface area contributed by atoms with Crippen molar-refractivity contribution in [2.24, 2.45) is 0 Å². The standard InChI is InChI=1S/C7H10NO/c1-2-5-8-6-3-4-7(8)9/h2,5H,1,3-4,6H2/q+1. The van der Waals surface area contributed by atoms with Crippen LogP contribution in [0.1, 0.15) is 12.8 Å². The highest BCUT2D eigenvalue weighted by molar-refractivity contribution is 5.77. The summed E-state index contributed by atoms with van der Waals surface area (Å²) in [7, 11) is 0. The zero-order valence-electron chi connectivity index (χ0n) is 5.34. The Bertz CT molecular complexity index is 170. The number of nitrogens with zero attached hydrogens (tertiary/aromatic N) is 1. The van der Waals surface area contributed by atoms with Gasteiger partial charge >= 0.3 is 5.91 Å². The molecule has 0 aromatic heterocycles. The summed E-state index contributed by atoms with van der Waals surface area (Å²) in [6.07, 6.45) is 5.06. The van der Waals surface area contributed by atoms with Gasteiger partial charge in [0.15, 0.2) is 12.8 Å². The van der Waals surface area contributed by atoms with E-state index in [4.69, 9.17) is 0 Å². The second-order valence-corrected chi connectivity index (χ2v) is 2.08. The number of hydrogen-bond acceptors (Lipinski definition) is 1. The SMILES string of the molecule is C=CC=[N+]1CCCC1=O. The average Bonchev–Trinajstić information content (AvgIpc) is 2.18. The minimum atomic E-state index is 0.218. The molecule has 0 aliphatic carbocycles. The van der Waals surface area contributed by atoms with Crippen molar-refractivity contribution in [2.75, 3.05) is 6.54 Å². The van der Waals surface area contributed by atoms with E-state index in [-0.39, 0.29) is 5.91 Å². The van der Waals surface area contributed by atoms with Gasteiger partial charge in [-0.05, 0) is 6.08 Å². The van der Waals surface area contributed by atoms with Crippen LogP contribution in [0.2, 0.25) is 0 Å². The van der Waals surface area contributed by atoms with Gasteiger partial charge in [0.2, 0.25) is 0 Å². The molecular formula is C7H10NO+. The smallest absolute Gasteiger partial charge is 0.220 e. The highest BCUT2D eigenvalue weighted by Gasteiger charge is 2.23. The molecule has 9 heavy (non-hydrogen) atoms. The molecule has 0 N–H and O–H groups in total. The maximum absolute atomic E-state index is 10.8. The van der Waals surface area contributed by atoms with Crippen LogP contribution in [0.25, 0.3) is 0 Å². The third kappa shape index (κ3) is 1.25. The minimum Gasteiger partial charge on any atom is -0.220 e. The van der Waals surface area contributed by atoms with Crippen molar-refractivity contribution in [3.8, 4) is 0 Å². The number of allylic oxidation sites excluding steroid dienone is 1. The summed E-state index contributed by atoms with van der Waals surface area (Å²) in [6.45, 7) is 4.38. The van der Waals surface area contributed by atoms with Crippen LogP contribution in [0.15, 0.2) is 12.7 Å². The van der Waals surface area contributed by atoms with Crippen LogP contribution in [0.5, 0.6) is 0 Å². The molecule has 0 bridgehead atoms. The van der Waals surface area contributed by atoms with Crippen LogP contribution >= 0.6 is 0 Å². The summed E-state index contributed by atoms with van der Waals surface area (Å²) in [5.41, 5.74) is 0. The first-order valence-electron chi connectivity index (χ1n) is 3.10. The lowest BCUT2D eigenvalue weighted by atomic mass is 10.4. The van der Waals surface area contributed by atoms with Crippen molar-refractivity contribution in [3.63, 3.8) is 0 Å². The Morgan fingerprint density at radius 2 is 2.44 bits per heavy atom. The van der Waals surface area contributed by atoms with Crippen molar-refractivity contribution < 1.29 is 9.37 Å². The van der Waals surface area contributed by atoms with Crippen molar-refractivity contribution >= 4 is 12.1 Å². The summed E-state index contributed by atoms with van der Waals surface area (Å²) >= 11 is 0. The van der Waals surface area contributed by atoms with Gasteiger partial charge in [0.25, 0.3) is 0 Å². The molecule has 1 heterocycles. The predicted molar refractivity (Wildman–Crippen MR) is 35.6 cm³/mol. The Labute approximate surface area is 54.5 Å². The maximum atomic E-state index is 10.8. The number of carbonyl (C=O) groups is 1. The summed E-state index contributed by atoms with van der Waals surface area (Å²) < 4.78 is 1.70. The van der Waals surface area contributed by atoms with Gasteiger partial charge in [0, 0.05) is 6.42 Å². The first kappa shape index (κ1) is 6.20. The minimum absolute atomic E-state index is 0.218. The van der Waals surface area contributed by atoms with Gasteiger partial charge in [-0.15, -0.1) is 0 Å². The van der Waals surface area contributed by atoms with E-state index in [0.717, 1.165) is 13.0 Å². The first-order chi connectivity index (χ1) is 4.34.